The molecule has 1 saturated heterocycles. The topological polar surface area (TPSA) is 92.8 Å². The number of carbonyl (C=O) groups excluding carboxylic acids is 4. The van der Waals surface area contributed by atoms with Crippen molar-refractivity contribution in [2.75, 3.05) is 18.5 Å². The summed E-state index contributed by atoms with van der Waals surface area (Å²) in [6.07, 6.45) is 3.20. The molecule has 7 nitrogen and oxygen atoms in total. The number of carbonyl (C=O) groups is 4. The van der Waals surface area contributed by atoms with Gasteiger partial charge >= 0.3 is 5.97 Å². The number of esters is 1. The zero-order chi connectivity index (χ0) is 20.3. The Labute approximate surface area is 172 Å². The molecule has 3 amide bonds. The summed E-state index contributed by atoms with van der Waals surface area (Å²) >= 11 is 11.7. The number of fused-ring (bicyclic) bond motifs is 1. The van der Waals surface area contributed by atoms with Crippen molar-refractivity contribution in [3.05, 3.63) is 28.2 Å². The first-order valence-corrected chi connectivity index (χ1v) is 9.87. The number of nitrogens with one attached hydrogen (secondary N) is 1. The van der Waals surface area contributed by atoms with Crippen molar-refractivity contribution in [2.45, 2.75) is 32.1 Å². The summed E-state index contributed by atoms with van der Waals surface area (Å²) in [5.74, 6) is -2.09. The molecule has 9 heteroatoms. The predicted molar refractivity (Wildman–Crippen MR) is 103 cm³/mol. The molecule has 1 heterocycles. The molecule has 0 radical (unpaired) electrons. The van der Waals surface area contributed by atoms with E-state index in [0.717, 1.165) is 30.6 Å². The Morgan fingerprint density at radius 1 is 1.04 bits per heavy atom. The molecule has 1 aromatic rings. The van der Waals surface area contributed by atoms with E-state index in [0.29, 0.717) is 15.7 Å². The number of hydrogen-bond acceptors (Lipinski definition) is 5. The molecule has 0 spiro atoms. The Kier molecular flexibility index (Phi) is 6.57. The van der Waals surface area contributed by atoms with Gasteiger partial charge in [0.15, 0.2) is 6.61 Å². The van der Waals surface area contributed by atoms with Gasteiger partial charge in [0.1, 0.15) is 0 Å². The van der Waals surface area contributed by atoms with Crippen LogP contribution in [0.1, 0.15) is 32.1 Å². The molecule has 1 N–H and O–H groups in total. The standard InChI is InChI=1S/C19H20Cl2N2O5/c20-11-7-12(21)9-13(8-11)22-16(24)10-28-17(25)5-6-23-18(26)14-3-1-2-4-15(14)19(23)27/h7-9,14-15H,1-6,10H2,(H,22,24)/t14-,15-/m0/s1. The van der Waals surface area contributed by atoms with Crippen LogP contribution >= 0.6 is 23.2 Å². The van der Waals surface area contributed by atoms with Gasteiger partial charge in [-0.25, -0.2) is 0 Å². The second-order valence-corrected chi connectivity index (χ2v) is 7.82. The zero-order valence-electron chi connectivity index (χ0n) is 15.1. The van der Waals surface area contributed by atoms with Crippen LogP contribution in [0.2, 0.25) is 10.0 Å². The van der Waals surface area contributed by atoms with Crippen LogP contribution in [0, 0.1) is 11.8 Å². The number of ether oxygens (including phenoxy) is 1. The molecule has 0 unspecified atom stereocenters. The largest absolute Gasteiger partial charge is 0.456 e. The fraction of sp³-hybridized carbons (Fsp3) is 0.474. The van der Waals surface area contributed by atoms with Crippen molar-refractivity contribution in [3.63, 3.8) is 0 Å². The number of rotatable bonds is 6. The number of amides is 3. The average molecular weight is 427 g/mol. The maximum absolute atomic E-state index is 12.4. The molecule has 1 aliphatic carbocycles. The summed E-state index contributed by atoms with van der Waals surface area (Å²) in [5, 5.41) is 3.24. The molecule has 1 aromatic carbocycles. The lowest BCUT2D eigenvalue weighted by atomic mass is 9.81. The smallest absolute Gasteiger partial charge is 0.308 e. The molecule has 28 heavy (non-hydrogen) atoms. The fourth-order valence-electron chi connectivity index (χ4n) is 3.70. The number of likely N-dealkylation sites (tertiary alicyclic amines) is 1. The minimum Gasteiger partial charge on any atom is -0.456 e. The van der Waals surface area contributed by atoms with Gasteiger partial charge in [-0.15, -0.1) is 0 Å². The SMILES string of the molecule is O=C(COC(=O)CCN1C(=O)[C@H]2CCCC[C@@H]2C1=O)Nc1cc(Cl)cc(Cl)c1. The van der Waals surface area contributed by atoms with Crippen molar-refractivity contribution in [1.82, 2.24) is 4.90 Å². The number of hydrogen-bond donors (Lipinski definition) is 1. The van der Waals surface area contributed by atoms with E-state index in [-0.39, 0.29) is 36.6 Å². The van der Waals surface area contributed by atoms with Crippen LogP contribution in [0.3, 0.4) is 0 Å². The number of imide groups is 1. The van der Waals surface area contributed by atoms with Gasteiger partial charge in [-0.1, -0.05) is 36.0 Å². The molecule has 0 bridgehead atoms. The Morgan fingerprint density at radius 2 is 1.61 bits per heavy atom. The molecule has 150 valence electrons. The summed E-state index contributed by atoms with van der Waals surface area (Å²) < 4.78 is 4.92. The molecule has 2 atom stereocenters. The molecular formula is C19H20Cl2N2O5. The van der Waals surface area contributed by atoms with Gasteiger partial charge in [-0.3, -0.25) is 24.1 Å². The van der Waals surface area contributed by atoms with Crippen LogP contribution in [0.4, 0.5) is 5.69 Å². The molecule has 3 rings (SSSR count). The maximum atomic E-state index is 12.4. The van der Waals surface area contributed by atoms with Gasteiger partial charge in [0.25, 0.3) is 5.91 Å². The van der Waals surface area contributed by atoms with E-state index in [1.807, 2.05) is 0 Å². The Hall–Kier alpha value is -2.12. The average Bonchev–Trinajstić information content (AvgIpc) is 2.88. The van der Waals surface area contributed by atoms with E-state index in [1.54, 1.807) is 0 Å². The second kappa shape index (κ2) is 8.92. The lowest BCUT2D eigenvalue weighted by Gasteiger charge is -2.19. The molecule has 2 aliphatic rings. The van der Waals surface area contributed by atoms with Crippen molar-refractivity contribution in [2.24, 2.45) is 11.8 Å². The summed E-state index contributed by atoms with van der Waals surface area (Å²) in [6.45, 7) is -0.509. The summed E-state index contributed by atoms with van der Waals surface area (Å²) in [6, 6.07) is 4.55. The summed E-state index contributed by atoms with van der Waals surface area (Å²) in [7, 11) is 0. The Morgan fingerprint density at radius 3 is 2.18 bits per heavy atom. The van der Waals surface area contributed by atoms with E-state index in [9.17, 15) is 19.2 Å². The highest BCUT2D eigenvalue weighted by molar-refractivity contribution is 6.35. The van der Waals surface area contributed by atoms with Crippen LogP contribution in [-0.2, 0) is 23.9 Å². The molecule has 0 aromatic heterocycles. The molecule has 1 aliphatic heterocycles. The third kappa shape index (κ3) is 4.83. The van der Waals surface area contributed by atoms with E-state index in [2.05, 4.69) is 5.32 Å². The van der Waals surface area contributed by atoms with Crippen LogP contribution in [0.25, 0.3) is 0 Å². The summed E-state index contributed by atoms with van der Waals surface area (Å²) in [5.41, 5.74) is 0.384. The molecule has 2 fully saturated rings. The van der Waals surface area contributed by atoms with E-state index >= 15 is 0 Å². The predicted octanol–water partition coefficient (Wildman–Crippen LogP) is 3.04. The minimum absolute atomic E-state index is 0.0188. The van der Waals surface area contributed by atoms with Gasteiger partial charge < -0.3 is 10.1 Å². The van der Waals surface area contributed by atoms with E-state index in [1.165, 1.54) is 18.2 Å². The zero-order valence-corrected chi connectivity index (χ0v) is 16.6. The van der Waals surface area contributed by atoms with Crippen LogP contribution in [0.5, 0.6) is 0 Å². The third-order valence-electron chi connectivity index (χ3n) is 4.98. The van der Waals surface area contributed by atoms with E-state index < -0.39 is 18.5 Å². The lowest BCUT2D eigenvalue weighted by Crippen LogP contribution is -2.33. The highest BCUT2D eigenvalue weighted by Gasteiger charge is 2.47. The van der Waals surface area contributed by atoms with Crippen molar-refractivity contribution in [3.8, 4) is 0 Å². The van der Waals surface area contributed by atoms with Crippen molar-refractivity contribution in [1.29, 1.82) is 0 Å². The molecular weight excluding hydrogens is 407 g/mol. The van der Waals surface area contributed by atoms with Crippen LogP contribution in [0.15, 0.2) is 18.2 Å². The van der Waals surface area contributed by atoms with Gasteiger partial charge in [0.2, 0.25) is 11.8 Å². The first-order valence-electron chi connectivity index (χ1n) is 9.12. The number of halogens is 2. The van der Waals surface area contributed by atoms with E-state index in [4.69, 9.17) is 27.9 Å². The monoisotopic (exact) mass is 426 g/mol. The van der Waals surface area contributed by atoms with Gasteiger partial charge in [-0.2, -0.15) is 0 Å². The van der Waals surface area contributed by atoms with Crippen molar-refractivity contribution >= 4 is 52.6 Å². The normalized spacial score (nSPS) is 21.4. The quantitative estimate of drug-likeness (QED) is 0.557. The Bertz CT molecular complexity index is 769. The lowest BCUT2D eigenvalue weighted by molar-refractivity contribution is -0.148. The van der Waals surface area contributed by atoms with Crippen LogP contribution in [-0.4, -0.2) is 41.7 Å². The second-order valence-electron chi connectivity index (χ2n) is 6.94. The van der Waals surface area contributed by atoms with Crippen LogP contribution < -0.4 is 5.32 Å². The summed E-state index contributed by atoms with van der Waals surface area (Å²) in [4.78, 5) is 49.7. The number of anilines is 1. The molecule has 1 saturated carbocycles. The first-order chi connectivity index (χ1) is 13.3. The number of nitrogens with zero attached hydrogens (tertiary/aromatic N) is 1. The highest BCUT2D eigenvalue weighted by atomic mass is 35.5. The van der Waals surface area contributed by atoms with Gasteiger partial charge in [0, 0.05) is 22.3 Å². The Balaban J connectivity index is 1.43. The first kappa shape index (κ1) is 20.6. The third-order valence-corrected chi connectivity index (χ3v) is 5.42. The number of benzene rings is 1. The minimum atomic E-state index is -0.658. The maximum Gasteiger partial charge on any atom is 0.308 e. The highest BCUT2D eigenvalue weighted by Crippen LogP contribution is 2.37. The van der Waals surface area contributed by atoms with Crippen molar-refractivity contribution < 1.29 is 23.9 Å². The van der Waals surface area contributed by atoms with Gasteiger partial charge in [0.05, 0.1) is 18.3 Å². The fourth-order valence-corrected chi connectivity index (χ4v) is 4.22. The van der Waals surface area contributed by atoms with Gasteiger partial charge in [-0.05, 0) is 31.0 Å².